The standard InChI is InChI=1S/C10H13N5S2/c1-3-12-7-4-8(15-9(11)14-7)17-10-13-6(2)5-16-10/h4-5H,3H2,1-2H3,(H3,11,12,14,15). The number of rotatable bonds is 4. The summed E-state index contributed by atoms with van der Waals surface area (Å²) in [5.74, 6) is 1.02. The first-order chi connectivity index (χ1) is 8.17. The highest BCUT2D eigenvalue weighted by Gasteiger charge is 2.06. The predicted molar refractivity (Wildman–Crippen MR) is 71.6 cm³/mol. The monoisotopic (exact) mass is 267 g/mol. The first kappa shape index (κ1) is 12.1. The van der Waals surface area contributed by atoms with E-state index in [1.165, 1.54) is 11.8 Å². The second-order valence-electron chi connectivity index (χ2n) is 3.34. The highest BCUT2D eigenvalue weighted by atomic mass is 32.2. The third-order valence-electron chi connectivity index (χ3n) is 1.87. The van der Waals surface area contributed by atoms with Gasteiger partial charge in [0.25, 0.3) is 0 Å². The van der Waals surface area contributed by atoms with Crippen LogP contribution < -0.4 is 11.1 Å². The molecule has 2 rings (SSSR count). The van der Waals surface area contributed by atoms with Crippen LogP contribution >= 0.6 is 23.1 Å². The van der Waals surface area contributed by atoms with Crippen LogP contribution in [-0.4, -0.2) is 21.5 Å². The molecule has 0 aromatic carbocycles. The second-order valence-corrected chi connectivity index (χ2v) is 5.46. The second kappa shape index (κ2) is 5.33. The van der Waals surface area contributed by atoms with Crippen LogP contribution in [0.5, 0.6) is 0 Å². The van der Waals surface area contributed by atoms with E-state index in [4.69, 9.17) is 5.73 Å². The van der Waals surface area contributed by atoms with Crippen LogP contribution in [0.1, 0.15) is 12.6 Å². The molecule has 0 radical (unpaired) electrons. The lowest BCUT2D eigenvalue weighted by atomic mass is 10.5. The number of nitrogens with zero attached hydrogens (tertiary/aromatic N) is 3. The van der Waals surface area contributed by atoms with Gasteiger partial charge < -0.3 is 11.1 Å². The maximum Gasteiger partial charge on any atom is 0.223 e. The van der Waals surface area contributed by atoms with E-state index in [0.717, 1.165) is 27.4 Å². The molecule has 0 atom stereocenters. The highest BCUT2D eigenvalue weighted by Crippen LogP contribution is 2.30. The van der Waals surface area contributed by atoms with Crippen LogP contribution in [0.2, 0.25) is 0 Å². The Hall–Kier alpha value is -1.34. The molecule has 0 saturated heterocycles. The molecule has 0 amide bonds. The van der Waals surface area contributed by atoms with E-state index in [1.54, 1.807) is 11.3 Å². The van der Waals surface area contributed by atoms with Gasteiger partial charge in [0, 0.05) is 23.7 Å². The molecule has 2 heterocycles. The zero-order valence-corrected chi connectivity index (χ0v) is 11.2. The Morgan fingerprint density at radius 1 is 1.41 bits per heavy atom. The smallest absolute Gasteiger partial charge is 0.223 e. The third kappa shape index (κ3) is 3.31. The van der Waals surface area contributed by atoms with Crippen molar-refractivity contribution in [3.8, 4) is 0 Å². The largest absolute Gasteiger partial charge is 0.370 e. The Bertz CT molecular complexity index is 511. The zero-order chi connectivity index (χ0) is 12.3. The molecule has 2 aromatic heterocycles. The summed E-state index contributed by atoms with van der Waals surface area (Å²) >= 11 is 3.10. The van der Waals surface area contributed by atoms with Crippen LogP contribution in [0.4, 0.5) is 11.8 Å². The van der Waals surface area contributed by atoms with E-state index in [0.29, 0.717) is 0 Å². The molecule has 0 saturated carbocycles. The van der Waals surface area contributed by atoms with Crippen molar-refractivity contribution in [2.24, 2.45) is 0 Å². The summed E-state index contributed by atoms with van der Waals surface area (Å²) in [7, 11) is 0. The Morgan fingerprint density at radius 3 is 2.88 bits per heavy atom. The molecule has 0 unspecified atom stereocenters. The summed E-state index contributed by atoms with van der Waals surface area (Å²) in [6.45, 7) is 4.78. The number of hydrogen-bond donors (Lipinski definition) is 2. The lowest BCUT2D eigenvalue weighted by Gasteiger charge is -2.04. The SMILES string of the molecule is CCNc1cc(Sc2nc(C)cs2)nc(N)n1. The average molecular weight is 267 g/mol. The number of thiazole rings is 1. The molecule has 3 N–H and O–H groups in total. The van der Waals surface area contributed by atoms with Gasteiger partial charge in [0.2, 0.25) is 5.95 Å². The van der Waals surface area contributed by atoms with Crippen LogP contribution in [0.3, 0.4) is 0 Å². The van der Waals surface area contributed by atoms with Gasteiger partial charge in [-0.25, -0.2) is 9.97 Å². The van der Waals surface area contributed by atoms with Gasteiger partial charge in [0.05, 0.1) is 0 Å². The molecular formula is C10H13N5S2. The summed E-state index contributed by atoms with van der Waals surface area (Å²) < 4.78 is 0.961. The first-order valence-electron chi connectivity index (χ1n) is 5.16. The van der Waals surface area contributed by atoms with E-state index in [2.05, 4.69) is 20.3 Å². The normalized spacial score (nSPS) is 10.5. The number of anilines is 2. The molecule has 17 heavy (non-hydrogen) atoms. The van der Waals surface area contributed by atoms with Crippen molar-refractivity contribution in [1.82, 2.24) is 15.0 Å². The molecule has 0 fully saturated rings. The van der Waals surface area contributed by atoms with Gasteiger partial charge >= 0.3 is 0 Å². The van der Waals surface area contributed by atoms with Gasteiger partial charge in [-0.2, -0.15) is 4.98 Å². The fraction of sp³-hybridized carbons (Fsp3) is 0.300. The van der Waals surface area contributed by atoms with Gasteiger partial charge in [-0.05, 0) is 25.6 Å². The summed E-state index contributed by atoms with van der Waals surface area (Å²) in [5, 5.41) is 5.94. The van der Waals surface area contributed by atoms with Gasteiger partial charge in [-0.1, -0.05) is 0 Å². The number of nitrogens with one attached hydrogen (secondary N) is 1. The van der Waals surface area contributed by atoms with E-state index < -0.39 is 0 Å². The highest BCUT2D eigenvalue weighted by molar-refractivity contribution is 8.01. The number of aryl methyl sites for hydroxylation is 1. The van der Waals surface area contributed by atoms with Gasteiger partial charge in [0.15, 0.2) is 4.34 Å². The van der Waals surface area contributed by atoms with E-state index in [1.807, 2.05) is 25.3 Å². The number of aromatic nitrogens is 3. The molecule has 0 spiro atoms. The molecule has 5 nitrogen and oxygen atoms in total. The number of hydrogen-bond acceptors (Lipinski definition) is 7. The van der Waals surface area contributed by atoms with Crippen LogP contribution in [0.15, 0.2) is 20.8 Å². The van der Waals surface area contributed by atoms with Crippen LogP contribution in [0.25, 0.3) is 0 Å². The van der Waals surface area contributed by atoms with Gasteiger partial charge in [0.1, 0.15) is 10.8 Å². The van der Waals surface area contributed by atoms with Crippen molar-refractivity contribution in [2.45, 2.75) is 23.2 Å². The minimum Gasteiger partial charge on any atom is -0.370 e. The van der Waals surface area contributed by atoms with Crippen LogP contribution in [0, 0.1) is 6.92 Å². The van der Waals surface area contributed by atoms with Crippen molar-refractivity contribution in [1.29, 1.82) is 0 Å². The summed E-state index contributed by atoms with van der Waals surface area (Å²) in [6.07, 6.45) is 0. The summed E-state index contributed by atoms with van der Waals surface area (Å²) in [5.41, 5.74) is 6.68. The van der Waals surface area contributed by atoms with Crippen molar-refractivity contribution in [2.75, 3.05) is 17.6 Å². The summed E-state index contributed by atoms with van der Waals surface area (Å²) in [6, 6.07) is 1.88. The first-order valence-corrected chi connectivity index (χ1v) is 6.85. The minimum absolute atomic E-state index is 0.277. The molecule has 7 heteroatoms. The quantitative estimate of drug-likeness (QED) is 0.828. The number of nitrogens with two attached hydrogens (primary N) is 1. The molecule has 0 aliphatic rings. The average Bonchev–Trinajstić information content (AvgIpc) is 2.63. The predicted octanol–water partition coefficient (Wildman–Crippen LogP) is 2.41. The minimum atomic E-state index is 0.277. The lowest BCUT2D eigenvalue weighted by molar-refractivity contribution is 1.04. The third-order valence-corrected chi connectivity index (χ3v) is 3.84. The number of nitrogen functional groups attached to an aromatic ring is 1. The molecule has 2 aromatic rings. The maximum absolute atomic E-state index is 5.66. The van der Waals surface area contributed by atoms with Crippen molar-refractivity contribution in [3.63, 3.8) is 0 Å². The van der Waals surface area contributed by atoms with Crippen LogP contribution in [-0.2, 0) is 0 Å². The van der Waals surface area contributed by atoms with Crippen molar-refractivity contribution in [3.05, 3.63) is 17.1 Å². The van der Waals surface area contributed by atoms with Crippen molar-refractivity contribution < 1.29 is 0 Å². The topological polar surface area (TPSA) is 76.7 Å². The fourth-order valence-electron chi connectivity index (χ4n) is 1.24. The molecule has 0 aliphatic carbocycles. The Labute approximate surface area is 108 Å². The molecule has 0 aliphatic heterocycles. The molecule has 90 valence electrons. The zero-order valence-electron chi connectivity index (χ0n) is 9.60. The van der Waals surface area contributed by atoms with E-state index in [9.17, 15) is 0 Å². The Balaban J connectivity index is 2.20. The lowest BCUT2D eigenvalue weighted by Crippen LogP contribution is -2.03. The fourth-order valence-corrected chi connectivity index (χ4v) is 3.03. The Morgan fingerprint density at radius 2 is 2.24 bits per heavy atom. The van der Waals surface area contributed by atoms with Crippen molar-refractivity contribution >= 4 is 34.9 Å². The van der Waals surface area contributed by atoms with E-state index >= 15 is 0 Å². The summed E-state index contributed by atoms with van der Waals surface area (Å²) in [4.78, 5) is 12.6. The van der Waals surface area contributed by atoms with Gasteiger partial charge in [-0.3, -0.25) is 0 Å². The van der Waals surface area contributed by atoms with E-state index in [-0.39, 0.29) is 5.95 Å². The Kier molecular flexibility index (Phi) is 3.80. The maximum atomic E-state index is 5.66. The van der Waals surface area contributed by atoms with Gasteiger partial charge in [-0.15, -0.1) is 11.3 Å². The molecular weight excluding hydrogens is 254 g/mol. The molecule has 0 bridgehead atoms.